The van der Waals surface area contributed by atoms with E-state index in [0.717, 1.165) is 6.07 Å². The zero-order chi connectivity index (χ0) is 11.6. The second-order valence-electron chi connectivity index (χ2n) is 3.30. The Kier molecular flexibility index (Phi) is 3.36. The Hall–Kier alpha value is -1.49. The number of hydrogen-bond donors (Lipinski definition) is 2. The van der Waals surface area contributed by atoms with Gasteiger partial charge in [-0.25, -0.2) is 8.78 Å². The van der Waals surface area contributed by atoms with Gasteiger partial charge in [0.1, 0.15) is 11.6 Å². The van der Waals surface area contributed by atoms with Gasteiger partial charge >= 0.3 is 5.97 Å². The van der Waals surface area contributed by atoms with E-state index >= 15 is 0 Å². The Morgan fingerprint density at radius 2 is 2.13 bits per heavy atom. The standard InChI is InChI=1S/C10H11F2NO2/c1-5-2-3-6(11)9(10(5)12)7(13)4-8(14)15/h2-3,7H,4,13H2,1H3,(H,14,15). The summed E-state index contributed by atoms with van der Waals surface area (Å²) in [6.45, 7) is 1.46. The number of benzene rings is 1. The molecule has 1 aromatic rings. The second kappa shape index (κ2) is 4.35. The third kappa shape index (κ3) is 2.50. The van der Waals surface area contributed by atoms with Crippen LogP contribution < -0.4 is 5.73 Å². The highest BCUT2D eigenvalue weighted by atomic mass is 19.1. The lowest BCUT2D eigenvalue weighted by atomic mass is 10.0. The lowest BCUT2D eigenvalue weighted by Gasteiger charge is -2.12. The monoisotopic (exact) mass is 215 g/mol. The number of halogens is 2. The highest BCUT2D eigenvalue weighted by molar-refractivity contribution is 5.68. The molecule has 0 aromatic heterocycles. The van der Waals surface area contributed by atoms with Gasteiger partial charge in [0, 0.05) is 11.6 Å². The zero-order valence-electron chi connectivity index (χ0n) is 8.13. The average molecular weight is 215 g/mol. The maximum Gasteiger partial charge on any atom is 0.305 e. The molecule has 3 N–H and O–H groups in total. The van der Waals surface area contributed by atoms with Gasteiger partial charge in [-0.05, 0) is 18.6 Å². The van der Waals surface area contributed by atoms with Gasteiger partial charge in [-0.15, -0.1) is 0 Å². The quantitative estimate of drug-likeness (QED) is 0.807. The Morgan fingerprint density at radius 3 is 2.67 bits per heavy atom. The summed E-state index contributed by atoms with van der Waals surface area (Å²) in [6.07, 6.45) is -0.503. The molecule has 0 radical (unpaired) electrons. The molecule has 15 heavy (non-hydrogen) atoms. The van der Waals surface area contributed by atoms with Crippen LogP contribution >= 0.6 is 0 Å². The summed E-state index contributed by atoms with van der Waals surface area (Å²) in [5.74, 6) is -2.78. The van der Waals surface area contributed by atoms with Crippen LogP contribution in [-0.2, 0) is 4.79 Å². The summed E-state index contributed by atoms with van der Waals surface area (Å²) in [4.78, 5) is 10.4. The van der Waals surface area contributed by atoms with Crippen LogP contribution in [0.25, 0.3) is 0 Å². The van der Waals surface area contributed by atoms with Crippen LogP contribution in [0.5, 0.6) is 0 Å². The minimum Gasteiger partial charge on any atom is -0.481 e. The summed E-state index contributed by atoms with van der Waals surface area (Å²) in [5, 5.41) is 8.47. The van der Waals surface area contributed by atoms with E-state index in [1.165, 1.54) is 13.0 Å². The molecule has 82 valence electrons. The van der Waals surface area contributed by atoms with Gasteiger partial charge in [0.15, 0.2) is 0 Å². The van der Waals surface area contributed by atoms with Crippen molar-refractivity contribution < 1.29 is 18.7 Å². The SMILES string of the molecule is Cc1ccc(F)c(C(N)CC(=O)O)c1F. The fraction of sp³-hybridized carbons (Fsp3) is 0.300. The van der Waals surface area contributed by atoms with Gasteiger partial charge in [0.2, 0.25) is 0 Å². The van der Waals surface area contributed by atoms with E-state index in [1.807, 2.05) is 0 Å². The first-order valence-electron chi connectivity index (χ1n) is 4.35. The summed E-state index contributed by atoms with van der Waals surface area (Å²) in [5.41, 5.74) is 5.28. The number of carbonyl (C=O) groups is 1. The van der Waals surface area contributed by atoms with Crippen LogP contribution in [0.4, 0.5) is 8.78 Å². The van der Waals surface area contributed by atoms with E-state index < -0.39 is 30.1 Å². The number of aliphatic carboxylic acids is 1. The Morgan fingerprint density at radius 1 is 1.53 bits per heavy atom. The highest BCUT2D eigenvalue weighted by Crippen LogP contribution is 2.23. The van der Waals surface area contributed by atoms with Crippen molar-refractivity contribution in [1.82, 2.24) is 0 Å². The number of rotatable bonds is 3. The predicted molar refractivity (Wildman–Crippen MR) is 50.3 cm³/mol. The largest absolute Gasteiger partial charge is 0.481 e. The molecule has 0 heterocycles. The molecule has 0 fully saturated rings. The number of hydrogen-bond acceptors (Lipinski definition) is 2. The van der Waals surface area contributed by atoms with Crippen LogP contribution in [-0.4, -0.2) is 11.1 Å². The van der Waals surface area contributed by atoms with E-state index in [0.29, 0.717) is 0 Å². The Balaban J connectivity index is 3.12. The van der Waals surface area contributed by atoms with Gasteiger partial charge in [-0.1, -0.05) is 6.07 Å². The minimum absolute atomic E-state index is 0.243. The molecule has 0 bridgehead atoms. The molecule has 1 atom stereocenters. The van der Waals surface area contributed by atoms with Gasteiger partial charge in [0.05, 0.1) is 6.42 Å². The van der Waals surface area contributed by atoms with E-state index in [-0.39, 0.29) is 11.1 Å². The molecule has 0 saturated carbocycles. The van der Waals surface area contributed by atoms with Crippen molar-refractivity contribution in [1.29, 1.82) is 0 Å². The Bertz CT molecular complexity index is 393. The van der Waals surface area contributed by atoms with E-state index in [2.05, 4.69) is 0 Å². The molecule has 1 aromatic carbocycles. The van der Waals surface area contributed by atoms with Crippen LogP contribution in [0.15, 0.2) is 12.1 Å². The molecule has 0 saturated heterocycles. The van der Waals surface area contributed by atoms with E-state index in [1.54, 1.807) is 0 Å². The zero-order valence-corrected chi connectivity index (χ0v) is 8.13. The van der Waals surface area contributed by atoms with Crippen LogP contribution in [0.3, 0.4) is 0 Å². The van der Waals surface area contributed by atoms with E-state index in [4.69, 9.17) is 10.8 Å². The number of aryl methyl sites for hydroxylation is 1. The number of carboxylic acid groups (broad SMARTS) is 1. The van der Waals surface area contributed by atoms with Crippen molar-refractivity contribution in [2.45, 2.75) is 19.4 Å². The second-order valence-corrected chi connectivity index (χ2v) is 3.30. The first kappa shape index (κ1) is 11.6. The lowest BCUT2D eigenvalue weighted by molar-refractivity contribution is -0.137. The summed E-state index contributed by atoms with van der Waals surface area (Å²) < 4.78 is 26.7. The van der Waals surface area contributed by atoms with Gasteiger partial charge in [-0.3, -0.25) is 4.79 Å². The maximum absolute atomic E-state index is 13.5. The fourth-order valence-corrected chi connectivity index (χ4v) is 1.31. The molecule has 0 aliphatic carbocycles. The highest BCUT2D eigenvalue weighted by Gasteiger charge is 2.20. The third-order valence-electron chi connectivity index (χ3n) is 2.08. The Labute approximate surface area is 85.5 Å². The average Bonchev–Trinajstić information content (AvgIpc) is 2.11. The van der Waals surface area contributed by atoms with Gasteiger partial charge in [0.25, 0.3) is 0 Å². The van der Waals surface area contributed by atoms with Crippen molar-refractivity contribution in [3.05, 3.63) is 34.9 Å². The lowest BCUT2D eigenvalue weighted by Crippen LogP contribution is -2.18. The summed E-state index contributed by atoms with van der Waals surface area (Å²) >= 11 is 0. The number of nitrogens with two attached hydrogens (primary N) is 1. The van der Waals surface area contributed by atoms with E-state index in [9.17, 15) is 13.6 Å². The molecule has 1 rings (SSSR count). The van der Waals surface area contributed by atoms with Crippen LogP contribution in [0, 0.1) is 18.6 Å². The first-order valence-corrected chi connectivity index (χ1v) is 4.35. The van der Waals surface area contributed by atoms with Crippen molar-refractivity contribution in [2.75, 3.05) is 0 Å². The third-order valence-corrected chi connectivity index (χ3v) is 2.08. The summed E-state index contributed by atoms with van der Waals surface area (Å²) in [7, 11) is 0. The molecule has 0 aliphatic rings. The van der Waals surface area contributed by atoms with Crippen molar-refractivity contribution >= 4 is 5.97 Å². The van der Waals surface area contributed by atoms with Gasteiger partial charge in [-0.2, -0.15) is 0 Å². The van der Waals surface area contributed by atoms with Crippen molar-refractivity contribution in [3.8, 4) is 0 Å². The van der Waals surface area contributed by atoms with Crippen LogP contribution in [0.2, 0.25) is 0 Å². The smallest absolute Gasteiger partial charge is 0.305 e. The molecule has 3 nitrogen and oxygen atoms in total. The molecular formula is C10H11F2NO2. The van der Waals surface area contributed by atoms with Crippen LogP contribution in [0.1, 0.15) is 23.6 Å². The molecule has 0 amide bonds. The normalized spacial score (nSPS) is 12.5. The molecule has 1 unspecified atom stereocenters. The summed E-state index contributed by atoms with van der Waals surface area (Å²) in [6, 6.07) is 1.19. The first-order chi connectivity index (χ1) is 6.93. The van der Waals surface area contributed by atoms with Gasteiger partial charge < -0.3 is 10.8 Å². The molecule has 0 aliphatic heterocycles. The molecular weight excluding hydrogens is 204 g/mol. The van der Waals surface area contributed by atoms with Crippen molar-refractivity contribution in [2.24, 2.45) is 5.73 Å². The minimum atomic E-state index is -1.19. The predicted octanol–water partition coefficient (Wildman–Crippen LogP) is 1.75. The topological polar surface area (TPSA) is 63.3 Å². The number of carboxylic acids is 1. The fourth-order valence-electron chi connectivity index (χ4n) is 1.31. The molecule has 0 spiro atoms. The maximum atomic E-state index is 13.5. The van der Waals surface area contributed by atoms with Crippen molar-refractivity contribution in [3.63, 3.8) is 0 Å². The molecule has 5 heteroatoms.